The van der Waals surface area contributed by atoms with Crippen LogP contribution in [0.4, 0.5) is 17.1 Å². The molecule has 5 rings (SSSR count). The number of hydrogen-bond donors (Lipinski definition) is 4. The molecule has 1 heterocycles. The Labute approximate surface area is 281 Å². The van der Waals surface area contributed by atoms with Crippen LogP contribution in [0.15, 0.2) is 102 Å². The summed E-state index contributed by atoms with van der Waals surface area (Å²) in [4.78, 5) is 30.4. The van der Waals surface area contributed by atoms with E-state index in [9.17, 15) is 23.1 Å². The maximum Gasteiger partial charge on any atom is 0.261 e. The minimum absolute atomic E-state index is 0.0991. The molecular formula is C36H41N5O6S. The first-order valence-corrected chi connectivity index (χ1v) is 17.2. The van der Waals surface area contributed by atoms with Gasteiger partial charge in [-0.15, -0.1) is 0 Å². The molecule has 0 saturated carbocycles. The van der Waals surface area contributed by atoms with Crippen molar-refractivity contribution in [3.63, 3.8) is 0 Å². The van der Waals surface area contributed by atoms with Crippen molar-refractivity contribution in [3.8, 4) is 5.75 Å². The van der Waals surface area contributed by atoms with Crippen LogP contribution in [0.25, 0.3) is 0 Å². The molecule has 4 aromatic rings. The number of aliphatic hydroxyl groups excluding tert-OH is 1. The molecule has 0 aromatic heterocycles. The number of nitrogen functional groups attached to an aromatic ring is 1. The lowest BCUT2D eigenvalue weighted by Crippen LogP contribution is -2.49. The lowest BCUT2D eigenvalue weighted by molar-refractivity contribution is 0.0341. The van der Waals surface area contributed by atoms with Gasteiger partial charge in [-0.3, -0.25) is 19.2 Å². The van der Waals surface area contributed by atoms with Crippen molar-refractivity contribution in [2.24, 2.45) is 5.92 Å². The van der Waals surface area contributed by atoms with Gasteiger partial charge < -0.3 is 25.8 Å². The third kappa shape index (κ3) is 8.14. The van der Waals surface area contributed by atoms with Crippen molar-refractivity contribution >= 4 is 38.9 Å². The second kappa shape index (κ2) is 14.9. The maximum atomic E-state index is 13.8. The number of nitrogens with zero attached hydrogens (tertiary/aromatic N) is 2. The zero-order valence-corrected chi connectivity index (χ0v) is 28.0. The third-order valence-corrected chi connectivity index (χ3v) is 9.74. The van der Waals surface area contributed by atoms with Gasteiger partial charge in [0.2, 0.25) is 0 Å². The fourth-order valence-electron chi connectivity index (χ4n) is 5.57. The van der Waals surface area contributed by atoms with E-state index < -0.39 is 16.1 Å². The molecule has 252 valence electrons. The average Bonchev–Trinajstić information content (AvgIpc) is 3.07. The lowest BCUT2D eigenvalue weighted by atomic mass is 9.99. The number of anilines is 3. The Hall–Kier alpha value is -4.91. The van der Waals surface area contributed by atoms with Crippen molar-refractivity contribution in [1.82, 2.24) is 9.80 Å². The monoisotopic (exact) mass is 671 g/mol. The molecule has 0 unspecified atom stereocenters. The highest BCUT2D eigenvalue weighted by molar-refractivity contribution is 7.92. The number of fused-ring (bicyclic) bond motifs is 1. The fraction of sp³-hybridized carbons (Fsp3) is 0.278. The number of likely N-dealkylation sites (N-methyl/N-ethyl adjacent to an activating group) is 1. The summed E-state index contributed by atoms with van der Waals surface area (Å²) in [7, 11) is -1.92. The Balaban J connectivity index is 1.32. The Morgan fingerprint density at radius 1 is 1.04 bits per heavy atom. The van der Waals surface area contributed by atoms with E-state index in [2.05, 4.69) is 14.9 Å². The molecule has 11 nitrogen and oxygen atoms in total. The zero-order chi connectivity index (χ0) is 34.4. The number of nitrogens with two attached hydrogens (primary N) is 1. The van der Waals surface area contributed by atoms with E-state index in [1.807, 2.05) is 26.1 Å². The molecule has 0 saturated heterocycles. The molecule has 0 spiro atoms. The quantitative estimate of drug-likeness (QED) is 0.168. The summed E-state index contributed by atoms with van der Waals surface area (Å²) in [5.41, 5.74) is 8.92. The Morgan fingerprint density at radius 3 is 2.42 bits per heavy atom. The van der Waals surface area contributed by atoms with Crippen LogP contribution in [0.1, 0.15) is 40.1 Å². The molecule has 0 radical (unpaired) electrons. The molecule has 4 aromatic carbocycles. The van der Waals surface area contributed by atoms with Gasteiger partial charge >= 0.3 is 0 Å². The van der Waals surface area contributed by atoms with Crippen molar-refractivity contribution in [2.75, 3.05) is 42.5 Å². The van der Waals surface area contributed by atoms with Crippen LogP contribution in [0.5, 0.6) is 5.75 Å². The number of hydrogen-bond acceptors (Lipinski definition) is 8. The first kappa shape index (κ1) is 34.4. The summed E-state index contributed by atoms with van der Waals surface area (Å²) >= 11 is 0. The minimum Gasteiger partial charge on any atom is -0.488 e. The Kier molecular flexibility index (Phi) is 10.7. The summed E-state index contributed by atoms with van der Waals surface area (Å²) < 4.78 is 35.0. The van der Waals surface area contributed by atoms with Gasteiger partial charge in [0.1, 0.15) is 11.9 Å². The largest absolute Gasteiger partial charge is 0.488 e. The summed E-state index contributed by atoms with van der Waals surface area (Å²) in [5.74, 6) is -0.385. The lowest BCUT2D eigenvalue weighted by Gasteiger charge is -2.38. The Morgan fingerprint density at radius 2 is 1.73 bits per heavy atom. The van der Waals surface area contributed by atoms with Gasteiger partial charge in [-0.05, 0) is 74.1 Å². The number of ether oxygens (including phenoxy) is 1. The van der Waals surface area contributed by atoms with E-state index >= 15 is 0 Å². The topological polar surface area (TPSA) is 154 Å². The number of amides is 2. The highest BCUT2D eigenvalue weighted by atomic mass is 32.2. The SMILES string of the molecule is C[C@@H]1CN([C@@H](C)CO)C(=O)c2cc(NS(=O)(=O)c3ccccc3)ccc2O[C@@H]1CN(C)Cc1ccc(C(=O)Nc2ccccc2N)cc1. The number of sulfonamides is 1. The first-order valence-electron chi connectivity index (χ1n) is 15.7. The van der Waals surface area contributed by atoms with Crippen LogP contribution in [-0.2, 0) is 16.6 Å². The smallest absolute Gasteiger partial charge is 0.261 e. The number of benzene rings is 4. The molecule has 3 atom stereocenters. The van der Waals surface area contributed by atoms with Gasteiger partial charge in [-0.1, -0.05) is 49.4 Å². The predicted molar refractivity (Wildman–Crippen MR) is 186 cm³/mol. The van der Waals surface area contributed by atoms with Crippen LogP contribution in [0.2, 0.25) is 0 Å². The minimum atomic E-state index is -3.89. The molecule has 48 heavy (non-hydrogen) atoms. The standard InChI is InChI=1S/C36H41N5O6S/c1-24-20-41(25(2)23-42)36(44)30-19-28(39-48(45,46)29-9-5-4-6-10-29)17-18-33(30)47-34(24)22-40(3)21-26-13-15-27(16-14-26)35(43)38-32-12-8-7-11-31(32)37/h4-19,24-25,34,39,42H,20-23,37H2,1-3H3,(H,38,43)/t24-,25+,34-/m1/s1. The summed E-state index contributed by atoms with van der Waals surface area (Å²) in [5, 5.41) is 12.8. The van der Waals surface area contributed by atoms with Crippen LogP contribution in [0.3, 0.4) is 0 Å². The van der Waals surface area contributed by atoms with Crippen LogP contribution < -0.4 is 20.5 Å². The highest BCUT2D eigenvalue weighted by Gasteiger charge is 2.34. The number of carbonyl (C=O) groups is 2. The molecule has 0 bridgehead atoms. The highest BCUT2D eigenvalue weighted by Crippen LogP contribution is 2.31. The number of nitrogens with one attached hydrogen (secondary N) is 2. The van der Waals surface area contributed by atoms with Crippen molar-refractivity contribution in [3.05, 3.63) is 114 Å². The second-order valence-corrected chi connectivity index (χ2v) is 13.9. The molecule has 12 heteroatoms. The van der Waals surface area contributed by atoms with Gasteiger partial charge in [0, 0.05) is 36.8 Å². The van der Waals surface area contributed by atoms with Crippen LogP contribution >= 0.6 is 0 Å². The molecule has 1 aliphatic rings. The second-order valence-electron chi connectivity index (χ2n) is 12.2. The fourth-order valence-corrected chi connectivity index (χ4v) is 6.64. The van der Waals surface area contributed by atoms with E-state index in [0.717, 1.165) is 5.56 Å². The molecule has 5 N–H and O–H groups in total. The molecular weight excluding hydrogens is 630 g/mol. The molecule has 0 fully saturated rings. The van der Waals surface area contributed by atoms with Crippen LogP contribution in [0, 0.1) is 5.92 Å². The van der Waals surface area contributed by atoms with E-state index in [-0.39, 0.29) is 46.6 Å². The van der Waals surface area contributed by atoms with Crippen molar-refractivity contribution < 1.29 is 27.9 Å². The van der Waals surface area contributed by atoms with Gasteiger partial charge in [0.15, 0.2) is 0 Å². The molecule has 0 aliphatic carbocycles. The van der Waals surface area contributed by atoms with Crippen LogP contribution in [-0.4, -0.2) is 74.0 Å². The van der Waals surface area contributed by atoms with Crippen molar-refractivity contribution in [2.45, 2.75) is 37.4 Å². The average molecular weight is 672 g/mol. The Bertz CT molecular complexity index is 1850. The van der Waals surface area contributed by atoms with Gasteiger partial charge in [-0.25, -0.2) is 8.42 Å². The van der Waals surface area contributed by atoms with E-state index in [1.165, 1.54) is 18.2 Å². The number of aliphatic hydroxyl groups is 1. The summed E-state index contributed by atoms with van der Waals surface area (Å²) in [6, 6.07) is 26.6. The van der Waals surface area contributed by atoms with Gasteiger partial charge in [0.05, 0.1) is 34.5 Å². The van der Waals surface area contributed by atoms with E-state index in [4.69, 9.17) is 10.5 Å². The first-order chi connectivity index (χ1) is 22.9. The van der Waals surface area contributed by atoms with E-state index in [0.29, 0.717) is 42.3 Å². The van der Waals surface area contributed by atoms with Gasteiger partial charge in [0.25, 0.3) is 21.8 Å². The number of rotatable bonds is 11. The zero-order valence-electron chi connectivity index (χ0n) is 27.2. The number of para-hydroxylation sites is 2. The van der Waals surface area contributed by atoms with Crippen molar-refractivity contribution in [1.29, 1.82) is 0 Å². The maximum absolute atomic E-state index is 13.8. The van der Waals surface area contributed by atoms with Gasteiger partial charge in [-0.2, -0.15) is 0 Å². The third-order valence-electron chi connectivity index (χ3n) is 8.34. The molecule has 2 amide bonds. The van der Waals surface area contributed by atoms with E-state index in [1.54, 1.807) is 78.6 Å². The normalized spacial score (nSPS) is 17.1. The summed E-state index contributed by atoms with van der Waals surface area (Å²) in [6.45, 7) is 4.95. The molecule has 1 aliphatic heterocycles. The predicted octanol–water partition coefficient (Wildman–Crippen LogP) is 4.67. The number of carbonyl (C=O) groups excluding carboxylic acids is 2. The summed E-state index contributed by atoms with van der Waals surface area (Å²) in [6.07, 6.45) is -0.344.